The molecule has 0 aliphatic heterocycles. The van der Waals surface area contributed by atoms with E-state index in [0.29, 0.717) is 5.82 Å². The molecule has 0 unspecified atom stereocenters. The smallest absolute Gasteiger partial charge is 0.0885 e. The van der Waals surface area contributed by atoms with Crippen molar-refractivity contribution in [2.75, 3.05) is 6.54 Å². The minimum Gasteiger partial charge on any atom is -0.386 e. The first-order valence-corrected chi connectivity index (χ1v) is 4.81. The van der Waals surface area contributed by atoms with Gasteiger partial charge < -0.3 is 11.1 Å². The first-order chi connectivity index (χ1) is 5.63. The Balaban J connectivity index is 0. The Labute approximate surface area is 77.2 Å². The van der Waals surface area contributed by atoms with Gasteiger partial charge in [0, 0.05) is 6.54 Å². The van der Waals surface area contributed by atoms with Crippen molar-refractivity contribution in [3.05, 3.63) is 12.4 Å². The lowest BCUT2D eigenvalue weighted by molar-refractivity contribution is 0.543. The summed E-state index contributed by atoms with van der Waals surface area (Å²) < 4.78 is 0. The molecule has 0 aromatic carbocycles. The van der Waals surface area contributed by atoms with Crippen molar-refractivity contribution in [3.8, 4) is 0 Å². The van der Waals surface area contributed by atoms with Gasteiger partial charge in [0.1, 0.15) is 0 Å². The summed E-state index contributed by atoms with van der Waals surface area (Å²) in [7, 11) is 0. The quantitative estimate of drug-likeness (QED) is 0.625. The highest BCUT2D eigenvalue weighted by molar-refractivity contribution is 4.81. The summed E-state index contributed by atoms with van der Waals surface area (Å²) in [6.07, 6.45) is 2.42. The van der Waals surface area contributed by atoms with Gasteiger partial charge in [-0.25, -0.2) is 0 Å². The van der Waals surface area contributed by atoms with E-state index in [4.69, 9.17) is 5.73 Å². The summed E-state index contributed by atoms with van der Waals surface area (Å²) >= 11 is 0. The molecule has 0 atom stereocenters. The number of rotatable bonds is 5. The maximum atomic E-state index is 5.30. The molecule has 0 aliphatic rings. The molecular weight excluding hydrogens is 148 g/mol. The first-order valence-electron chi connectivity index (χ1n) is 4.81. The summed E-state index contributed by atoms with van der Waals surface area (Å²) in [6.45, 7) is 12.9. The van der Waals surface area contributed by atoms with Crippen molar-refractivity contribution in [1.82, 2.24) is 5.32 Å². The van der Waals surface area contributed by atoms with Crippen LogP contribution in [0.3, 0.4) is 0 Å². The molecule has 0 aromatic rings. The Bertz CT molecular complexity index is 98.0. The number of nitrogens with two attached hydrogens (primary N) is 1. The highest BCUT2D eigenvalue weighted by Gasteiger charge is 1.92. The van der Waals surface area contributed by atoms with Gasteiger partial charge in [-0.05, 0) is 18.8 Å². The van der Waals surface area contributed by atoms with Crippen LogP contribution >= 0.6 is 0 Å². The van der Waals surface area contributed by atoms with E-state index in [1.54, 1.807) is 0 Å². The molecule has 0 saturated carbocycles. The van der Waals surface area contributed by atoms with Gasteiger partial charge in [-0.3, -0.25) is 0 Å². The van der Waals surface area contributed by atoms with Crippen LogP contribution in [0.25, 0.3) is 0 Å². The Morgan fingerprint density at radius 3 is 2.25 bits per heavy atom. The highest BCUT2D eigenvalue weighted by Crippen LogP contribution is 2.01. The van der Waals surface area contributed by atoms with Gasteiger partial charge in [-0.2, -0.15) is 0 Å². The minimum absolute atomic E-state index is 0.573. The van der Waals surface area contributed by atoms with E-state index in [9.17, 15) is 0 Å². The van der Waals surface area contributed by atoms with Crippen molar-refractivity contribution in [3.63, 3.8) is 0 Å². The second kappa shape index (κ2) is 10.3. The van der Waals surface area contributed by atoms with Gasteiger partial charge in [-0.15, -0.1) is 0 Å². The van der Waals surface area contributed by atoms with E-state index in [-0.39, 0.29) is 0 Å². The molecule has 0 heterocycles. The van der Waals surface area contributed by atoms with Crippen LogP contribution in [0.15, 0.2) is 12.4 Å². The molecule has 0 aromatic heterocycles. The topological polar surface area (TPSA) is 38.0 Å². The zero-order valence-corrected chi connectivity index (χ0v) is 8.98. The molecule has 0 aliphatic carbocycles. The fourth-order valence-electron chi connectivity index (χ4n) is 0.759. The molecule has 2 heteroatoms. The molecule has 3 N–H and O–H groups in total. The van der Waals surface area contributed by atoms with Crippen molar-refractivity contribution in [2.45, 2.75) is 40.5 Å². The van der Waals surface area contributed by atoms with Gasteiger partial charge >= 0.3 is 0 Å². The molecule has 0 amide bonds. The fraction of sp³-hybridized carbons (Fsp3) is 0.800. The highest BCUT2D eigenvalue weighted by atomic mass is 15.0. The number of hydrogen-bond acceptors (Lipinski definition) is 2. The van der Waals surface area contributed by atoms with Crippen LogP contribution in [0.1, 0.15) is 40.5 Å². The fourth-order valence-corrected chi connectivity index (χ4v) is 0.759. The molecule has 0 bridgehead atoms. The van der Waals surface area contributed by atoms with E-state index in [1.807, 2.05) is 13.8 Å². The summed E-state index contributed by atoms with van der Waals surface area (Å²) in [5.41, 5.74) is 5.30. The predicted molar refractivity (Wildman–Crippen MR) is 56.8 cm³/mol. The van der Waals surface area contributed by atoms with E-state index >= 15 is 0 Å². The molecule has 74 valence electrons. The molecule has 0 radical (unpaired) electrons. The van der Waals surface area contributed by atoms with E-state index in [1.165, 1.54) is 12.8 Å². The van der Waals surface area contributed by atoms with Gasteiger partial charge in [-0.1, -0.05) is 34.3 Å². The molecule has 12 heavy (non-hydrogen) atoms. The molecule has 0 rings (SSSR count). The second-order valence-corrected chi connectivity index (χ2v) is 2.99. The Morgan fingerprint density at radius 1 is 1.42 bits per heavy atom. The monoisotopic (exact) mass is 172 g/mol. The molecule has 0 fully saturated rings. The van der Waals surface area contributed by atoms with Crippen LogP contribution < -0.4 is 11.1 Å². The van der Waals surface area contributed by atoms with Crippen molar-refractivity contribution >= 4 is 0 Å². The van der Waals surface area contributed by atoms with Crippen LogP contribution in [0.5, 0.6) is 0 Å². The standard InChI is InChI=1S/C8H18N2.C2H6/c1-7(2)5-4-6-10-8(3)9;1-2/h7,10H,3-6,9H2,1-2H3;1-2H3. The molecule has 2 nitrogen and oxygen atoms in total. The summed E-state index contributed by atoms with van der Waals surface area (Å²) in [6, 6.07) is 0. The predicted octanol–water partition coefficient (Wildman–Crippen LogP) is 2.47. The summed E-state index contributed by atoms with van der Waals surface area (Å²) in [5.74, 6) is 1.36. The third-order valence-electron chi connectivity index (χ3n) is 1.31. The zero-order chi connectivity index (χ0) is 9.98. The maximum absolute atomic E-state index is 5.30. The summed E-state index contributed by atoms with van der Waals surface area (Å²) in [4.78, 5) is 0. The normalized spacial score (nSPS) is 8.75. The third-order valence-corrected chi connectivity index (χ3v) is 1.31. The molecule has 0 spiro atoms. The average molecular weight is 172 g/mol. The van der Waals surface area contributed by atoms with Crippen molar-refractivity contribution < 1.29 is 0 Å². The zero-order valence-electron chi connectivity index (χ0n) is 8.98. The van der Waals surface area contributed by atoms with E-state index in [0.717, 1.165) is 12.5 Å². The number of hydrogen-bond donors (Lipinski definition) is 2. The Morgan fingerprint density at radius 2 is 1.92 bits per heavy atom. The van der Waals surface area contributed by atoms with Crippen molar-refractivity contribution in [2.24, 2.45) is 11.7 Å². The second-order valence-electron chi connectivity index (χ2n) is 2.99. The Hall–Kier alpha value is -0.660. The lowest BCUT2D eigenvalue weighted by Crippen LogP contribution is -2.19. The maximum Gasteiger partial charge on any atom is 0.0885 e. The third kappa shape index (κ3) is 16.2. The lowest BCUT2D eigenvalue weighted by Gasteiger charge is -2.05. The lowest BCUT2D eigenvalue weighted by atomic mass is 10.1. The van der Waals surface area contributed by atoms with E-state index < -0.39 is 0 Å². The van der Waals surface area contributed by atoms with Crippen LogP contribution in [-0.4, -0.2) is 6.54 Å². The number of nitrogens with one attached hydrogen (secondary N) is 1. The summed E-state index contributed by atoms with van der Waals surface area (Å²) in [5, 5.41) is 2.98. The largest absolute Gasteiger partial charge is 0.386 e. The SMILES string of the molecule is C=C(N)NCCCC(C)C.CC. The van der Waals surface area contributed by atoms with Crippen LogP contribution in [0.2, 0.25) is 0 Å². The minimum atomic E-state index is 0.573. The molecule has 0 saturated heterocycles. The van der Waals surface area contributed by atoms with E-state index in [2.05, 4.69) is 25.7 Å². The van der Waals surface area contributed by atoms with Gasteiger partial charge in [0.25, 0.3) is 0 Å². The van der Waals surface area contributed by atoms with Crippen LogP contribution in [-0.2, 0) is 0 Å². The van der Waals surface area contributed by atoms with Gasteiger partial charge in [0.15, 0.2) is 0 Å². The van der Waals surface area contributed by atoms with Crippen molar-refractivity contribution in [1.29, 1.82) is 0 Å². The van der Waals surface area contributed by atoms with Gasteiger partial charge in [0.2, 0.25) is 0 Å². The first kappa shape index (κ1) is 13.9. The average Bonchev–Trinajstić information content (AvgIpc) is 2.02. The van der Waals surface area contributed by atoms with Gasteiger partial charge in [0.05, 0.1) is 5.82 Å². The Kier molecular flexibility index (Phi) is 12.0. The molecular formula is C10H24N2. The van der Waals surface area contributed by atoms with Crippen LogP contribution in [0.4, 0.5) is 0 Å². The van der Waals surface area contributed by atoms with Crippen LogP contribution in [0, 0.1) is 5.92 Å².